The minimum absolute atomic E-state index is 0.0596. The molecule has 0 atom stereocenters. The van der Waals surface area contributed by atoms with Gasteiger partial charge in [-0.2, -0.15) is 0 Å². The molecule has 2 N–H and O–H groups in total. The molecule has 0 spiro atoms. The zero-order valence-corrected chi connectivity index (χ0v) is 17.4. The van der Waals surface area contributed by atoms with Gasteiger partial charge < -0.3 is 15.0 Å². The number of nitrogens with one attached hydrogen (secondary N) is 2. The van der Waals surface area contributed by atoms with E-state index in [9.17, 15) is 9.59 Å². The molecule has 0 unspecified atom stereocenters. The summed E-state index contributed by atoms with van der Waals surface area (Å²) in [5.41, 5.74) is 2.26. The summed E-state index contributed by atoms with van der Waals surface area (Å²) in [6.45, 7) is 2.86. The van der Waals surface area contributed by atoms with Gasteiger partial charge >= 0.3 is 5.97 Å². The highest BCUT2D eigenvalue weighted by atomic mass is 32.1. The largest absolute Gasteiger partial charge is 0.454 e. The number of fused-ring (bicyclic) bond motifs is 3. The molecular formula is C22H25N3O3S. The molecule has 0 amide bonds. The Labute approximate surface area is 173 Å². The van der Waals surface area contributed by atoms with Crippen molar-refractivity contribution in [3.05, 3.63) is 56.4 Å². The van der Waals surface area contributed by atoms with E-state index in [1.54, 1.807) is 17.4 Å². The molecule has 0 fully saturated rings. The quantitative estimate of drug-likeness (QED) is 0.444. The van der Waals surface area contributed by atoms with Crippen LogP contribution in [0.1, 0.15) is 59.2 Å². The molecule has 1 aliphatic carbocycles. The normalized spacial score (nSPS) is 13.3. The Morgan fingerprint density at radius 2 is 2.10 bits per heavy atom. The second-order valence-electron chi connectivity index (χ2n) is 7.31. The Morgan fingerprint density at radius 1 is 1.28 bits per heavy atom. The van der Waals surface area contributed by atoms with Crippen molar-refractivity contribution in [2.45, 2.75) is 52.1 Å². The lowest BCUT2D eigenvalue weighted by Gasteiger charge is -2.11. The predicted molar refractivity (Wildman–Crippen MR) is 116 cm³/mol. The molecule has 3 aromatic rings. The Bertz CT molecular complexity index is 1090. The third kappa shape index (κ3) is 4.19. The number of hydrogen-bond acceptors (Lipinski definition) is 6. The Kier molecular flexibility index (Phi) is 5.94. The van der Waals surface area contributed by atoms with Crippen LogP contribution < -0.4 is 10.9 Å². The number of nitrogens with zero attached hydrogens (tertiary/aromatic N) is 1. The molecule has 2 aromatic heterocycles. The summed E-state index contributed by atoms with van der Waals surface area (Å²) in [6, 6.07) is 7.30. The van der Waals surface area contributed by atoms with Gasteiger partial charge in [-0.05, 0) is 49.8 Å². The van der Waals surface area contributed by atoms with E-state index in [-0.39, 0.29) is 12.2 Å². The van der Waals surface area contributed by atoms with Crippen LogP contribution in [-0.4, -0.2) is 22.5 Å². The number of carbonyl (C=O) groups excluding carboxylic acids is 1. The average molecular weight is 412 g/mol. The van der Waals surface area contributed by atoms with E-state index >= 15 is 0 Å². The van der Waals surface area contributed by atoms with E-state index in [2.05, 4.69) is 22.2 Å². The number of ether oxygens (including phenoxy) is 1. The first-order chi connectivity index (χ1) is 14.2. The Hall–Kier alpha value is -2.67. The minimum Gasteiger partial charge on any atom is -0.454 e. The van der Waals surface area contributed by atoms with Gasteiger partial charge in [-0.3, -0.25) is 4.79 Å². The van der Waals surface area contributed by atoms with Gasteiger partial charge in [0.2, 0.25) is 0 Å². The molecule has 0 saturated carbocycles. The van der Waals surface area contributed by atoms with Crippen molar-refractivity contribution in [2.75, 3.05) is 11.9 Å². The van der Waals surface area contributed by atoms with Crippen molar-refractivity contribution in [1.29, 1.82) is 0 Å². The second kappa shape index (κ2) is 8.78. The van der Waals surface area contributed by atoms with E-state index in [1.165, 1.54) is 4.88 Å². The lowest BCUT2D eigenvalue weighted by atomic mass is 9.97. The molecule has 0 radical (unpaired) electrons. The van der Waals surface area contributed by atoms with Gasteiger partial charge in [0.05, 0.1) is 10.9 Å². The Balaban J connectivity index is 1.50. The summed E-state index contributed by atoms with van der Waals surface area (Å²) >= 11 is 1.59. The third-order valence-corrected chi connectivity index (χ3v) is 6.39. The number of carbonyl (C=O) groups is 1. The van der Waals surface area contributed by atoms with Crippen LogP contribution in [-0.2, 0) is 24.2 Å². The average Bonchev–Trinajstić information content (AvgIpc) is 3.11. The Morgan fingerprint density at radius 3 is 2.97 bits per heavy atom. The van der Waals surface area contributed by atoms with Crippen LogP contribution in [0.2, 0.25) is 0 Å². The van der Waals surface area contributed by atoms with Gasteiger partial charge in [-0.25, -0.2) is 9.78 Å². The van der Waals surface area contributed by atoms with Gasteiger partial charge in [0.1, 0.15) is 17.3 Å². The fourth-order valence-electron chi connectivity index (χ4n) is 3.70. The number of aromatic amines is 1. The lowest BCUT2D eigenvalue weighted by Crippen LogP contribution is -2.16. The highest BCUT2D eigenvalue weighted by molar-refractivity contribution is 7.18. The smallest absolute Gasteiger partial charge is 0.340 e. The fourth-order valence-corrected chi connectivity index (χ4v) is 4.98. The minimum atomic E-state index is -0.433. The molecule has 4 rings (SSSR count). The number of aromatic nitrogens is 2. The number of esters is 1. The SMILES string of the molecule is CCCCNc1ccccc1C(=O)OCc1nc2sc3c(c2c(=O)[nH]1)CCCC3. The first-order valence-electron chi connectivity index (χ1n) is 10.2. The predicted octanol–water partition coefficient (Wildman–Crippen LogP) is 4.43. The standard InChI is InChI=1S/C22H25N3O3S/c1-2-3-12-23-16-10-6-4-8-14(16)22(27)28-13-18-24-20(26)19-15-9-5-7-11-17(15)29-21(19)25-18/h4,6,8,10,23H,2-3,5,7,9,11-13H2,1H3,(H,24,25,26). The number of unbranched alkanes of at least 4 members (excludes halogenated alkanes) is 1. The number of para-hydroxylation sites is 1. The number of hydrogen-bond donors (Lipinski definition) is 2. The second-order valence-corrected chi connectivity index (χ2v) is 8.39. The molecule has 6 nitrogen and oxygen atoms in total. The van der Waals surface area contributed by atoms with Crippen molar-refractivity contribution in [2.24, 2.45) is 0 Å². The molecule has 152 valence electrons. The first-order valence-corrected chi connectivity index (χ1v) is 11.0. The third-order valence-electron chi connectivity index (χ3n) is 5.21. The molecule has 1 aliphatic rings. The number of rotatable bonds is 7. The number of anilines is 1. The van der Waals surface area contributed by atoms with Crippen LogP contribution in [0.3, 0.4) is 0 Å². The maximum absolute atomic E-state index is 12.6. The summed E-state index contributed by atoms with van der Waals surface area (Å²) in [4.78, 5) is 34.6. The van der Waals surface area contributed by atoms with Crippen LogP contribution in [0.25, 0.3) is 10.2 Å². The van der Waals surface area contributed by atoms with E-state index in [0.717, 1.165) is 61.2 Å². The number of aryl methyl sites for hydroxylation is 2. The van der Waals surface area contributed by atoms with Crippen molar-refractivity contribution in [1.82, 2.24) is 9.97 Å². The number of thiophene rings is 1. The summed E-state index contributed by atoms with van der Waals surface area (Å²) in [7, 11) is 0. The molecule has 0 saturated heterocycles. The number of H-pyrrole nitrogens is 1. The first kappa shape index (κ1) is 19.6. The van der Waals surface area contributed by atoms with E-state index < -0.39 is 5.97 Å². The zero-order valence-electron chi connectivity index (χ0n) is 16.5. The van der Waals surface area contributed by atoms with Crippen LogP contribution >= 0.6 is 11.3 Å². The van der Waals surface area contributed by atoms with Gasteiger partial charge in [-0.1, -0.05) is 25.5 Å². The van der Waals surface area contributed by atoms with Gasteiger partial charge in [0.15, 0.2) is 0 Å². The zero-order chi connectivity index (χ0) is 20.2. The van der Waals surface area contributed by atoms with Crippen LogP contribution in [0.15, 0.2) is 29.1 Å². The molecule has 29 heavy (non-hydrogen) atoms. The topological polar surface area (TPSA) is 84.1 Å². The van der Waals surface area contributed by atoms with E-state index in [4.69, 9.17) is 4.74 Å². The van der Waals surface area contributed by atoms with Crippen molar-refractivity contribution in [3.63, 3.8) is 0 Å². The number of benzene rings is 1. The van der Waals surface area contributed by atoms with Crippen LogP contribution in [0, 0.1) is 0 Å². The fraction of sp³-hybridized carbons (Fsp3) is 0.409. The van der Waals surface area contributed by atoms with Crippen molar-refractivity contribution in [3.8, 4) is 0 Å². The van der Waals surface area contributed by atoms with E-state index in [1.807, 2.05) is 18.2 Å². The molecule has 2 heterocycles. The monoisotopic (exact) mass is 411 g/mol. The van der Waals surface area contributed by atoms with Crippen molar-refractivity contribution >= 4 is 33.2 Å². The summed E-state index contributed by atoms with van der Waals surface area (Å²) in [5, 5.41) is 3.99. The molecule has 1 aromatic carbocycles. The van der Waals surface area contributed by atoms with Gasteiger partial charge in [0, 0.05) is 17.1 Å². The molecular weight excluding hydrogens is 386 g/mol. The summed E-state index contributed by atoms with van der Waals surface area (Å²) in [6.07, 6.45) is 6.34. The summed E-state index contributed by atoms with van der Waals surface area (Å²) in [5.74, 6) is -0.0521. The van der Waals surface area contributed by atoms with Crippen LogP contribution in [0.4, 0.5) is 5.69 Å². The lowest BCUT2D eigenvalue weighted by molar-refractivity contribution is 0.0463. The van der Waals surface area contributed by atoms with Gasteiger partial charge in [-0.15, -0.1) is 11.3 Å². The van der Waals surface area contributed by atoms with Gasteiger partial charge in [0.25, 0.3) is 5.56 Å². The van der Waals surface area contributed by atoms with E-state index in [0.29, 0.717) is 16.8 Å². The maximum Gasteiger partial charge on any atom is 0.340 e. The maximum atomic E-state index is 12.6. The molecule has 0 bridgehead atoms. The molecule has 0 aliphatic heterocycles. The van der Waals surface area contributed by atoms with Crippen molar-refractivity contribution < 1.29 is 9.53 Å². The highest BCUT2D eigenvalue weighted by Gasteiger charge is 2.20. The molecule has 7 heteroatoms. The highest BCUT2D eigenvalue weighted by Crippen LogP contribution is 2.33. The summed E-state index contributed by atoms with van der Waals surface area (Å²) < 4.78 is 5.46. The van der Waals surface area contributed by atoms with Crippen LogP contribution in [0.5, 0.6) is 0 Å².